The quantitative estimate of drug-likeness (QED) is 0.496. The van der Waals surface area contributed by atoms with Crippen molar-refractivity contribution in [1.29, 1.82) is 0 Å². The van der Waals surface area contributed by atoms with Crippen molar-refractivity contribution in [2.24, 2.45) is 5.90 Å². The third kappa shape index (κ3) is 2.39. The van der Waals surface area contributed by atoms with Gasteiger partial charge in [-0.1, -0.05) is 30.0 Å². The second kappa shape index (κ2) is 4.55. The minimum Gasteiger partial charge on any atom is -0.292 e. The van der Waals surface area contributed by atoms with Crippen LogP contribution in [-0.2, 0) is 4.84 Å². The Labute approximate surface area is 72.3 Å². The zero-order chi connectivity index (χ0) is 8.81. The summed E-state index contributed by atoms with van der Waals surface area (Å²) in [5.41, 5.74) is 2.19. The molecule has 0 aliphatic rings. The molecule has 1 rings (SSSR count). The first-order chi connectivity index (χ1) is 5.84. The molecule has 0 aliphatic heterocycles. The van der Waals surface area contributed by atoms with Crippen molar-refractivity contribution < 1.29 is 4.84 Å². The first-order valence-electron chi connectivity index (χ1n) is 3.71. The Kier molecular flexibility index (Phi) is 3.34. The Morgan fingerprint density at radius 1 is 1.42 bits per heavy atom. The molecule has 12 heavy (non-hydrogen) atoms. The van der Waals surface area contributed by atoms with Gasteiger partial charge in [-0.05, 0) is 18.6 Å². The van der Waals surface area contributed by atoms with Gasteiger partial charge in [0.15, 0.2) is 0 Å². The first kappa shape index (κ1) is 8.79. The highest BCUT2D eigenvalue weighted by molar-refractivity contribution is 5.40. The van der Waals surface area contributed by atoms with Gasteiger partial charge in [-0.2, -0.15) is 0 Å². The Hall–Kier alpha value is -1.30. The normalized spacial score (nSPS) is 8.83. The number of nitrogens with two attached hydrogens (primary N) is 1. The maximum Gasteiger partial charge on any atom is 0.129 e. The lowest BCUT2D eigenvalue weighted by molar-refractivity contribution is 0.173. The van der Waals surface area contributed by atoms with E-state index in [1.807, 2.05) is 31.2 Å². The van der Waals surface area contributed by atoms with Crippen molar-refractivity contribution in [3.8, 4) is 11.8 Å². The molecule has 1 aromatic carbocycles. The number of hydrogen-bond donors (Lipinski definition) is 1. The molecule has 2 nitrogen and oxygen atoms in total. The van der Waals surface area contributed by atoms with Crippen LogP contribution in [0.5, 0.6) is 0 Å². The highest BCUT2D eigenvalue weighted by Crippen LogP contribution is 2.03. The first-order valence-corrected chi connectivity index (χ1v) is 3.71. The van der Waals surface area contributed by atoms with E-state index in [0.717, 1.165) is 5.56 Å². The summed E-state index contributed by atoms with van der Waals surface area (Å²) in [5, 5.41) is 0. The zero-order valence-corrected chi connectivity index (χ0v) is 7.00. The van der Waals surface area contributed by atoms with Crippen LogP contribution in [-0.4, -0.2) is 6.61 Å². The van der Waals surface area contributed by atoms with E-state index in [-0.39, 0.29) is 6.61 Å². The molecule has 0 saturated carbocycles. The van der Waals surface area contributed by atoms with Gasteiger partial charge < -0.3 is 0 Å². The molecule has 0 amide bonds. The van der Waals surface area contributed by atoms with E-state index in [2.05, 4.69) is 16.7 Å². The number of aryl methyl sites for hydroxylation is 1. The van der Waals surface area contributed by atoms with Gasteiger partial charge in [0.05, 0.1) is 0 Å². The molecule has 0 fully saturated rings. The number of rotatable bonds is 1. The number of benzene rings is 1. The second-order valence-corrected chi connectivity index (χ2v) is 2.43. The molecule has 0 spiro atoms. The molecule has 0 atom stereocenters. The number of hydrogen-bond acceptors (Lipinski definition) is 2. The predicted octanol–water partition coefficient (Wildman–Crippen LogP) is 1.24. The molecule has 1 aromatic rings. The fourth-order valence-corrected chi connectivity index (χ4v) is 0.886. The Bertz CT molecular complexity index is 309. The molecule has 0 heterocycles. The fourth-order valence-electron chi connectivity index (χ4n) is 0.886. The third-order valence-corrected chi connectivity index (χ3v) is 1.52. The van der Waals surface area contributed by atoms with Crippen molar-refractivity contribution in [3.05, 3.63) is 35.4 Å². The highest BCUT2D eigenvalue weighted by Gasteiger charge is 1.89. The summed E-state index contributed by atoms with van der Waals surface area (Å²) in [6.45, 7) is 2.29. The van der Waals surface area contributed by atoms with Crippen LogP contribution in [0.3, 0.4) is 0 Å². The van der Waals surface area contributed by atoms with Gasteiger partial charge >= 0.3 is 0 Å². The van der Waals surface area contributed by atoms with Crippen molar-refractivity contribution in [1.82, 2.24) is 0 Å². The van der Waals surface area contributed by atoms with Gasteiger partial charge in [0.2, 0.25) is 0 Å². The van der Waals surface area contributed by atoms with E-state index in [1.54, 1.807) is 0 Å². The Morgan fingerprint density at radius 3 is 2.83 bits per heavy atom. The molecule has 0 radical (unpaired) electrons. The van der Waals surface area contributed by atoms with Gasteiger partial charge in [0.25, 0.3) is 0 Å². The van der Waals surface area contributed by atoms with E-state index in [9.17, 15) is 0 Å². The maximum atomic E-state index is 4.83. The van der Waals surface area contributed by atoms with Gasteiger partial charge in [-0.3, -0.25) is 4.84 Å². The molecule has 2 N–H and O–H groups in total. The van der Waals surface area contributed by atoms with Crippen molar-refractivity contribution in [2.75, 3.05) is 6.61 Å². The average Bonchev–Trinajstić information content (AvgIpc) is 2.09. The van der Waals surface area contributed by atoms with Crippen LogP contribution in [0, 0.1) is 18.8 Å². The van der Waals surface area contributed by atoms with Gasteiger partial charge in [-0.15, -0.1) is 0 Å². The van der Waals surface area contributed by atoms with E-state index in [0.29, 0.717) is 0 Å². The second-order valence-electron chi connectivity index (χ2n) is 2.43. The van der Waals surface area contributed by atoms with Crippen LogP contribution in [0.15, 0.2) is 24.3 Å². The molecular weight excluding hydrogens is 150 g/mol. The lowest BCUT2D eigenvalue weighted by atomic mass is 10.1. The zero-order valence-electron chi connectivity index (χ0n) is 7.00. The minimum absolute atomic E-state index is 0.272. The topological polar surface area (TPSA) is 35.2 Å². The lowest BCUT2D eigenvalue weighted by Crippen LogP contribution is -1.97. The summed E-state index contributed by atoms with van der Waals surface area (Å²) < 4.78 is 0. The van der Waals surface area contributed by atoms with E-state index in [4.69, 9.17) is 5.90 Å². The Morgan fingerprint density at radius 2 is 2.17 bits per heavy atom. The smallest absolute Gasteiger partial charge is 0.129 e. The monoisotopic (exact) mass is 161 g/mol. The van der Waals surface area contributed by atoms with Crippen LogP contribution < -0.4 is 5.90 Å². The van der Waals surface area contributed by atoms with Crippen molar-refractivity contribution >= 4 is 0 Å². The summed E-state index contributed by atoms with van der Waals surface area (Å²) in [5.74, 6) is 10.6. The molecule has 0 unspecified atom stereocenters. The average molecular weight is 161 g/mol. The van der Waals surface area contributed by atoms with Gasteiger partial charge in [0.1, 0.15) is 6.61 Å². The Balaban J connectivity index is 2.77. The molecule has 62 valence electrons. The standard InChI is InChI=1S/C10H11NO/c1-9-5-2-3-6-10(9)7-4-8-12-11/h2-3,5-6H,8,11H2,1H3. The minimum atomic E-state index is 0.272. The maximum absolute atomic E-state index is 4.83. The van der Waals surface area contributed by atoms with Crippen LogP contribution in [0.2, 0.25) is 0 Å². The summed E-state index contributed by atoms with van der Waals surface area (Å²) in [6.07, 6.45) is 0. The largest absolute Gasteiger partial charge is 0.292 e. The molecule has 0 saturated heterocycles. The highest BCUT2D eigenvalue weighted by atomic mass is 16.6. The molecular formula is C10H11NO. The fraction of sp³-hybridized carbons (Fsp3) is 0.200. The molecule has 2 heteroatoms. The SMILES string of the molecule is Cc1ccccc1C#CCON. The predicted molar refractivity (Wildman–Crippen MR) is 48.2 cm³/mol. The summed E-state index contributed by atoms with van der Waals surface area (Å²) in [6, 6.07) is 7.94. The van der Waals surface area contributed by atoms with Gasteiger partial charge in [-0.25, -0.2) is 5.90 Å². The molecule has 0 aromatic heterocycles. The van der Waals surface area contributed by atoms with E-state index in [1.165, 1.54) is 5.56 Å². The van der Waals surface area contributed by atoms with Crippen LogP contribution in [0.1, 0.15) is 11.1 Å². The van der Waals surface area contributed by atoms with Crippen LogP contribution in [0.4, 0.5) is 0 Å². The van der Waals surface area contributed by atoms with Gasteiger partial charge in [0, 0.05) is 5.56 Å². The summed E-state index contributed by atoms with van der Waals surface area (Å²) in [7, 11) is 0. The lowest BCUT2D eigenvalue weighted by Gasteiger charge is -1.94. The van der Waals surface area contributed by atoms with E-state index < -0.39 is 0 Å². The van der Waals surface area contributed by atoms with Crippen LogP contribution in [0.25, 0.3) is 0 Å². The summed E-state index contributed by atoms with van der Waals surface area (Å²) in [4.78, 5) is 4.33. The molecule has 0 aliphatic carbocycles. The van der Waals surface area contributed by atoms with E-state index >= 15 is 0 Å². The van der Waals surface area contributed by atoms with Crippen molar-refractivity contribution in [3.63, 3.8) is 0 Å². The van der Waals surface area contributed by atoms with Crippen LogP contribution >= 0.6 is 0 Å². The summed E-state index contributed by atoms with van der Waals surface area (Å²) >= 11 is 0. The third-order valence-electron chi connectivity index (χ3n) is 1.52. The molecule has 0 bridgehead atoms. The van der Waals surface area contributed by atoms with Crippen molar-refractivity contribution in [2.45, 2.75) is 6.92 Å².